The fourth-order valence-corrected chi connectivity index (χ4v) is 3.14. The lowest BCUT2D eigenvalue weighted by molar-refractivity contribution is 0.0790. The number of rotatable bonds is 4. The monoisotopic (exact) mass is 243 g/mol. The highest BCUT2D eigenvalue weighted by molar-refractivity contribution is 7.12. The van der Waals surface area contributed by atoms with Crippen LogP contribution >= 0.6 is 22.9 Å². The van der Waals surface area contributed by atoms with Gasteiger partial charge in [0.1, 0.15) is 0 Å². The van der Waals surface area contributed by atoms with Crippen molar-refractivity contribution in [3.8, 4) is 0 Å². The molecule has 1 saturated carbocycles. The average molecular weight is 244 g/mol. The normalized spacial score (nSPS) is 18.5. The van der Waals surface area contributed by atoms with E-state index in [9.17, 15) is 4.79 Å². The van der Waals surface area contributed by atoms with Crippen LogP contribution in [-0.4, -0.2) is 12.3 Å². The molecule has 0 bridgehead atoms. The fraction of sp³-hybridized carbons (Fsp3) is 0.545. The van der Waals surface area contributed by atoms with Crippen molar-refractivity contribution in [2.24, 2.45) is 11.1 Å². The van der Waals surface area contributed by atoms with E-state index in [2.05, 4.69) is 0 Å². The molecule has 2 N–H and O–H groups in total. The summed E-state index contributed by atoms with van der Waals surface area (Å²) in [5, 5.41) is 2.43. The maximum absolute atomic E-state index is 12.0. The number of carbonyl (C=O) groups excluding carboxylic acids is 1. The van der Waals surface area contributed by atoms with Crippen molar-refractivity contribution in [1.29, 1.82) is 0 Å². The first kappa shape index (κ1) is 11.1. The first-order valence-corrected chi connectivity index (χ1v) is 6.39. The second-order valence-electron chi connectivity index (χ2n) is 4.26. The first-order valence-electron chi connectivity index (χ1n) is 5.13. The third kappa shape index (κ3) is 2.10. The van der Waals surface area contributed by atoms with Gasteiger partial charge in [0, 0.05) is 6.42 Å². The van der Waals surface area contributed by atoms with Crippen molar-refractivity contribution in [3.63, 3.8) is 0 Å². The highest BCUT2D eigenvalue weighted by Gasteiger charge is 2.38. The van der Waals surface area contributed by atoms with Gasteiger partial charge in [-0.2, -0.15) is 0 Å². The third-order valence-corrected chi connectivity index (χ3v) is 4.64. The summed E-state index contributed by atoms with van der Waals surface area (Å²) in [4.78, 5) is 12.7. The molecule has 0 saturated heterocycles. The van der Waals surface area contributed by atoms with Crippen LogP contribution in [0.1, 0.15) is 35.4 Å². The van der Waals surface area contributed by atoms with Gasteiger partial charge in [0.2, 0.25) is 0 Å². The molecule has 15 heavy (non-hydrogen) atoms. The minimum absolute atomic E-state index is 0.0738. The largest absolute Gasteiger partial charge is 0.330 e. The quantitative estimate of drug-likeness (QED) is 0.826. The van der Waals surface area contributed by atoms with E-state index in [0.717, 1.165) is 12.8 Å². The van der Waals surface area contributed by atoms with Gasteiger partial charge in [-0.05, 0) is 36.2 Å². The Morgan fingerprint density at radius 1 is 1.60 bits per heavy atom. The van der Waals surface area contributed by atoms with Gasteiger partial charge in [-0.25, -0.2) is 0 Å². The van der Waals surface area contributed by atoms with Gasteiger partial charge < -0.3 is 5.73 Å². The maximum Gasteiger partial charge on any atom is 0.174 e. The SMILES string of the molecule is NCC1(CC(=O)c2sccc2Cl)CCC1. The van der Waals surface area contributed by atoms with Crippen LogP contribution in [0.15, 0.2) is 11.4 Å². The van der Waals surface area contributed by atoms with Crippen LogP contribution in [0.25, 0.3) is 0 Å². The van der Waals surface area contributed by atoms with Crippen LogP contribution in [-0.2, 0) is 0 Å². The Labute approximate surface area is 98.4 Å². The zero-order valence-electron chi connectivity index (χ0n) is 8.46. The number of halogens is 1. The molecule has 82 valence electrons. The maximum atomic E-state index is 12.0. The predicted molar refractivity (Wildman–Crippen MR) is 63.6 cm³/mol. The molecule has 2 nitrogen and oxygen atoms in total. The molecular formula is C11H14ClNOS. The van der Waals surface area contributed by atoms with E-state index in [1.807, 2.05) is 5.38 Å². The lowest BCUT2D eigenvalue weighted by atomic mass is 9.66. The smallest absolute Gasteiger partial charge is 0.174 e. The fourth-order valence-electron chi connectivity index (χ4n) is 2.04. The van der Waals surface area contributed by atoms with E-state index in [0.29, 0.717) is 22.9 Å². The molecular weight excluding hydrogens is 230 g/mol. The topological polar surface area (TPSA) is 43.1 Å². The highest BCUT2D eigenvalue weighted by atomic mass is 35.5. The molecule has 0 radical (unpaired) electrons. The Kier molecular flexibility index (Phi) is 3.14. The number of carbonyl (C=O) groups is 1. The van der Waals surface area contributed by atoms with Gasteiger partial charge in [-0.3, -0.25) is 4.79 Å². The summed E-state index contributed by atoms with van der Waals surface area (Å²) < 4.78 is 0. The van der Waals surface area contributed by atoms with Gasteiger partial charge in [0.05, 0.1) is 9.90 Å². The Hall–Kier alpha value is -0.380. The molecule has 0 unspecified atom stereocenters. The van der Waals surface area contributed by atoms with E-state index < -0.39 is 0 Å². The molecule has 0 amide bonds. The summed E-state index contributed by atoms with van der Waals surface area (Å²) in [5.41, 5.74) is 5.80. The molecule has 1 aromatic heterocycles. The van der Waals surface area contributed by atoms with E-state index in [-0.39, 0.29) is 11.2 Å². The lowest BCUT2D eigenvalue weighted by Gasteiger charge is -2.40. The van der Waals surface area contributed by atoms with Crippen molar-refractivity contribution < 1.29 is 4.79 Å². The molecule has 1 aromatic rings. The Morgan fingerprint density at radius 3 is 2.73 bits per heavy atom. The minimum atomic E-state index is 0.0738. The first-order chi connectivity index (χ1) is 7.17. The van der Waals surface area contributed by atoms with Gasteiger partial charge in [-0.15, -0.1) is 11.3 Å². The zero-order valence-corrected chi connectivity index (χ0v) is 10.0. The lowest BCUT2D eigenvalue weighted by Crippen LogP contribution is -2.39. The molecule has 0 spiro atoms. The average Bonchev–Trinajstić information content (AvgIpc) is 2.58. The summed E-state index contributed by atoms with van der Waals surface area (Å²) in [6.07, 6.45) is 3.92. The molecule has 2 rings (SSSR count). The van der Waals surface area contributed by atoms with Crippen molar-refractivity contribution in [2.75, 3.05) is 6.54 Å². The molecule has 1 heterocycles. The summed E-state index contributed by atoms with van der Waals surface area (Å²) in [6.45, 7) is 0.613. The number of nitrogens with two attached hydrogens (primary N) is 1. The molecule has 1 aliphatic carbocycles. The number of hydrogen-bond acceptors (Lipinski definition) is 3. The predicted octanol–water partition coefficient (Wildman–Crippen LogP) is 3.10. The van der Waals surface area contributed by atoms with Crippen LogP contribution in [0, 0.1) is 5.41 Å². The second-order valence-corrected chi connectivity index (χ2v) is 5.58. The number of hydrogen-bond donors (Lipinski definition) is 1. The molecule has 1 fully saturated rings. The number of thiophene rings is 1. The van der Waals surface area contributed by atoms with Crippen molar-refractivity contribution >= 4 is 28.7 Å². The zero-order chi connectivity index (χ0) is 10.9. The summed E-state index contributed by atoms with van der Waals surface area (Å²) in [6, 6.07) is 1.77. The molecule has 0 aromatic carbocycles. The van der Waals surface area contributed by atoms with E-state index >= 15 is 0 Å². The van der Waals surface area contributed by atoms with Crippen LogP contribution < -0.4 is 5.73 Å². The summed E-state index contributed by atoms with van der Waals surface area (Å²) in [5.74, 6) is 0.153. The Morgan fingerprint density at radius 2 is 2.33 bits per heavy atom. The van der Waals surface area contributed by atoms with Crippen molar-refractivity contribution in [2.45, 2.75) is 25.7 Å². The molecule has 1 aliphatic rings. The van der Waals surface area contributed by atoms with Gasteiger partial charge in [-0.1, -0.05) is 18.0 Å². The van der Waals surface area contributed by atoms with Crippen molar-refractivity contribution in [3.05, 3.63) is 21.3 Å². The summed E-state index contributed by atoms with van der Waals surface area (Å²) >= 11 is 7.35. The third-order valence-electron chi connectivity index (χ3n) is 3.25. The number of ketones is 1. The minimum Gasteiger partial charge on any atom is -0.330 e. The Bertz CT molecular complexity index is 365. The van der Waals surface area contributed by atoms with E-state index in [4.69, 9.17) is 17.3 Å². The van der Waals surface area contributed by atoms with Crippen LogP contribution in [0.3, 0.4) is 0 Å². The van der Waals surface area contributed by atoms with E-state index in [1.54, 1.807) is 6.07 Å². The standard InChI is InChI=1S/C11H14ClNOS/c12-8-2-5-15-10(8)9(14)6-11(7-13)3-1-4-11/h2,5H,1,3-4,6-7,13H2. The molecule has 4 heteroatoms. The number of Topliss-reactive ketones (excluding diaryl/α,β-unsaturated/α-hetero) is 1. The van der Waals surface area contributed by atoms with E-state index in [1.165, 1.54) is 17.8 Å². The summed E-state index contributed by atoms with van der Waals surface area (Å²) in [7, 11) is 0. The van der Waals surface area contributed by atoms with Gasteiger partial charge in [0.25, 0.3) is 0 Å². The van der Waals surface area contributed by atoms with Crippen LogP contribution in [0.4, 0.5) is 0 Å². The molecule has 0 atom stereocenters. The van der Waals surface area contributed by atoms with Gasteiger partial charge in [0.15, 0.2) is 5.78 Å². The van der Waals surface area contributed by atoms with Crippen molar-refractivity contribution in [1.82, 2.24) is 0 Å². The van der Waals surface area contributed by atoms with Gasteiger partial charge >= 0.3 is 0 Å². The highest BCUT2D eigenvalue weighted by Crippen LogP contribution is 2.44. The van der Waals surface area contributed by atoms with Crippen LogP contribution in [0.2, 0.25) is 5.02 Å². The Balaban J connectivity index is 2.07. The molecule has 0 aliphatic heterocycles. The van der Waals surface area contributed by atoms with Crippen LogP contribution in [0.5, 0.6) is 0 Å². The second kappa shape index (κ2) is 4.24.